The van der Waals surface area contributed by atoms with Crippen LogP contribution in [0.5, 0.6) is 0 Å². The fourth-order valence-corrected chi connectivity index (χ4v) is 3.05. The third-order valence-electron chi connectivity index (χ3n) is 4.45. The lowest BCUT2D eigenvalue weighted by molar-refractivity contribution is -0.138. The summed E-state index contributed by atoms with van der Waals surface area (Å²) in [6.45, 7) is 1.66. The first kappa shape index (κ1) is 18.2. The van der Waals surface area contributed by atoms with Gasteiger partial charge in [0.2, 0.25) is 0 Å². The van der Waals surface area contributed by atoms with Crippen LogP contribution in [0.15, 0.2) is 35.4 Å². The third-order valence-corrected chi connectivity index (χ3v) is 4.45. The number of alkyl halides is 2. The maximum atomic E-state index is 13.1. The van der Waals surface area contributed by atoms with E-state index in [1.165, 1.54) is 5.01 Å². The number of anilines is 1. The lowest BCUT2D eigenvalue weighted by Gasteiger charge is -2.21. The summed E-state index contributed by atoms with van der Waals surface area (Å²) in [7, 11) is 0. The molecule has 4 N–H and O–H groups in total. The van der Waals surface area contributed by atoms with Gasteiger partial charge in [0.05, 0.1) is 11.7 Å². The Morgan fingerprint density at radius 2 is 2.00 bits per heavy atom. The monoisotopic (exact) mass is 367 g/mol. The Morgan fingerprint density at radius 3 is 2.62 bits per heavy atom. The van der Waals surface area contributed by atoms with Crippen LogP contribution in [0.1, 0.15) is 13.3 Å². The van der Waals surface area contributed by atoms with Gasteiger partial charge < -0.3 is 10.4 Å². The van der Waals surface area contributed by atoms with Crippen LogP contribution in [0.4, 0.5) is 14.5 Å². The van der Waals surface area contributed by atoms with Gasteiger partial charge in [0, 0.05) is 12.5 Å². The molecule has 1 aromatic rings. The fraction of sp³-hybridized carbons (Fsp3) is 0.438. The summed E-state index contributed by atoms with van der Waals surface area (Å²) in [4.78, 5) is 24.0. The minimum Gasteiger partial charge on any atom is -0.480 e. The molecule has 26 heavy (non-hydrogen) atoms. The van der Waals surface area contributed by atoms with Crippen LogP contribution in [0.3, 0.4) is 0 Å². The van der Waals surface area contributed by atoms with Gasteiger partial charge in [-0.3, -0.25) is 15.2 Å². The molecule has 2 aliphatic rings. The molecule has 0 spiro atoms. The average Bonchev–Trinajstić information content (AvgIpc) is 3.21. The number of rotatable bonds is 5. The van der Waals surface area contributed by atoms with Crippen molar-refractivity contribution in [3.63, 3.8) is 0 Å². The summed E-state index contributed by atoms with van der Waals surface area (Å²) >= 11 is 0. The van der Waals surface area contributed by atoms with Gasteiger partial charge in [-0.05, 0) is 19.1 Å². The van der Waals surface area contributed by atoms with Crippen molar-refractivity contribution in [2.45, 2.75) is 43.9 Å². The van der Waals surface area contributed by atoms with Crippen LogP contribution >= 0.6 is 0 Å². The number of carbonyl (C=O) groups is 2. The van der Waals surface area contributed by atoms with E-state index in [-0.39, 0.29) is 12.1 Å². The number of carboxylic acids is 1. The first-order valence-corrected chi connectivity index (χ1v) is 8.13. The minimum absolute atomic E-state index is 0.00614. The summed E-state index contributed by atoms with van der Waals surface area (Å²) in [5, 5.41) is 17.3. The second-order valence-corrected chi connectivity index (χ2v) is 6.22. The van der Waals surface area contributed by atoms with Gasteiger partial charge in [0.1, 0.15) is 11.8 Å². The first-order valence-electron chi connectivity index (χ1n) is 8.13. The predicted octanol–water partition coefficient (Wildman–Crippen LogP) is 0.321. The van der Waals surface area contributed by atoms with Crippen molar-refractivity contribution in [1.82, 2.24) is 16.2 Å². The minimum atomic E-state index is -2.67. The Bertz CT molecular complexity index is 715. The van der Waals surface area contributed by atoms with Gasteiger partial charge in [0.25, 0.3) is 12.3 Å². The number of halogens is 2. The molecule has 2 heterocycles. The molecule has 0 aliphatic carbocycles. The third kappa shape index (κ3) is 3.51. The van der Waals surface area contributed by atoms with Crippen molar-refractivity contribution in [1.29, 1.82) is 0 Å². The Balaban J connectivity index is 1.78. The zero-order valence-corrected chi connectivity index (χ0v) is 13.9. The molecule has 0 radical (unpaired) electrons. The summed E-state index contributed by atoms with van der Waals surface area (Å²) in [5.74, 6) is -1.77. The van der Waals surface area contributed by atoms with Crippen molar-refractivity contribution in [3.05, 3.63) is 30.3 Å². The van der Waals surface area contributed by atoms with Crippen LogP contribution < -0.4 is 21.2 Å². The molecule has 3 rings (SSSR count). The first-order chi connectivity index (χ1) is 12.4. The molecular weight excluding hydrogens is 348 g/mol. The van der Waals surface area contributed by atoms with E-state index >= 15 is 0 Å². The van der Waals surface area contributed by atoms with E-state index in [2.05, 4.69) is 21.3 Å². The molecule has 0 saturated carbocycles. The van der Waals surface area contributed by atoms with Gasteiger partial charge in [0.15, 0.2) is 6.04 Å². The number of hydrogen-bond acceptors (Lipinski definition) is 6. The van der Waals surface area contributed by atoms with Crippen molar-refractivity contribution in [2.75, 3.05) is 5.01 Å². The zero-order valence-electron chi connectivity index (χ0n) is 13.9. The number of nitrogens with one attached hydrogen (secondary N) is 3. The summed E-state index contributed by atoms with van der Waals surface area (Å²) in [6.07, 6.45) is -2.78. The molecule has 2 aliphatic heterocycles. The van der Waals surface area contributed by atoms with Crippen LogP contribution in [-0.2, 0) is 9.59 Å². The maximum absolute atomic E-state index is 13.1. The van der Waals surface area contributed by atoms with Gasteiger partial charge in [-0.2, -0.15) is 5.10 Å². The molecule has 140 valence electrons. The number of hydrazine groups is 1. The number of carbonyl (C=O) groups excluding carboxylic acids is 1. The van der Waals surface area contributed by atoms with Crippen LogP contribution in [0, 0.1) is 0 Å². The van der Waals surface area contributed by atoms with Crippen molar-refractivity contribution < 1.29 is 23.5 Å². The molecule has 1 saturated heterocycles. The highest BCUT2D eigenvalue weighted by atomic mass is 19.3. The Morgan fingerprint density at radius 1 is 1.31 bits per heavy atom. The molecule has 8 nitrogen and oxygen atoms in total. The van der Waals surface area contributed by atoms with Crippen molar-refractivity contribution >= 4 is 23.3 Å². The van der Waals surface area contributed by atoms with Gasteiger partial charge >= 0.3 is 5.97 Å². The largest absolute Gasteiger partial charge is 0.480 e. The Kier molecular flexibility index (Phi) is 5.14. The molecule has 1 amide bonds. The Labute approximate surface area is 148 Å². The summed E-state index contributed by atoms with van der Waals surface area (Å²) < 4.78 is 26.1. The number of carboxylic acid groups (broad SMARTS) is 1. The van der Waals surface area contributed by atoms with E-state index in [1.54, 1.807) is 37.3 Å². The maximum Gasteiger partial charge on any atom is 0.328 e. The number of para-hydroxylation sites is 1. The molecule has 10 heteroatoms. The molecule has 4 atom stereocenters. The number of amides is 1. The van der Waals surface area contributed by atoms with E-state index < -0.39 is 42.5 Å². The number of hydrogen-bond donors (Lipinski definition) is 4. The topological polar surface area (TPSA) is 106 Å². The number of aliphatic carboxylic acids is 1. The van der Waals surface area contributed by atoms with Gasteiger partial charge in [-0.1, -0.05) is 18.2 Å². The highest BCUT2D eigenvalue weighted by Crippen LogP contribution is 2.25. The normalized spacial score (nSPS) is 28.3. The van der Waals surface area contributed by atoms with Crippen LogP contribution in [0.25, 0.3) is 0 Å². The number of benzene rings is 1. The van der Waals surface area contributed by atoms with E-state index in [0.717, 1.165) is 0 Å². The Hall–Kier alpha value is -2.59. The molecular formula is C16H19F2N5O3. The molecule has 1 fully saturated rings. The average molecular weight is 367 g/mol. The van der Waals surface area contributed by atoms with Crippen molar-refractivity contribution in [2.24, 2.45) is 5.10 Å². The highest BCUT2D eigenvalue weighted by molar-refractivity contribution is 6.40. The smallest absolute Gasteiger partial charge is 0.328 e. The van der Waals surface area contributed by atoms with Crippen molar-refractivity contribution in [3.8, 4) is 0 Å². The highest BCUT2D eigenvalue weighted by Gasteiger charge is 2.42. The van der Waals surface area contributed by atoms with Crippen LogP contribution in [0.2, 0.25) is 0 Å². The molecule has 0 aromatic heterocycles. The molecule has 4 unspecified atom stereocenters. The second-order valence-electron chi connectivity index (χ2n) is 6.22. The summed E-state index contributed by atoms with van der Waals surface area (Å²) in [5.41, 5.74) is 5.65. The van der Waals surface area contributed by atoms with Gasteiger partial charge in [-0.25, -0.2) is 19.0 Å². The summed E-state index contributed by atoms with van der Waals surface area (Å²) in [6, 6.07) is 5.06. The van der Waals surface area contributed by atoms with Gasteiger partial charge in [-0.15, -0.1) is 0 Å². The van der Waals surface area contributed by atoms with E-state index in [4.69, 9.17) is 0 Å². The molecule has 0 bridgehead atoms. The van der Waals surface area contributed by atoms with E-state index in [0.29, 0.717) is 5.69 Å². The fourth-order valence-electron chi connectivity index (χ4n) is 3.05. The molecule has 1 aromatic carbocycles. The zero-order chi connectivity index (χ0) is 18.8. The second kappa shape index (κ2) is 7.34. The number of hydrazone groups is 1. The SMILES string of the molecule is CC1NNC(C(F)F)C1NC(=O)C1=NN(c2ccccc2)C(C(=O)O)C1. The quantitative estimate of drug-likeness (QED) is 0.597. The lowest BCUT2D eigenvalue weighted by Crippen LogP contribution is -2.52. The number of nitrogens with zero attached hydrogens (tertiary/aromatic N) is 2. The van der Waals surface area contributed by atoms with E-state index in [1.807, 2.05) is 0 Å². The predicted molar refractivity (Wildman–Crippen MR) is 89.9 cm³/mol. The lowest BCUT2D eigenvalue weighted by atomic mass is 10.0. The van der Waals surface area contributed by atoms with Crippen LogP contribution in [-0.4, -0.2) is 53.3 Å². The van der Waals surface area contributed by atoms with E-state index in [9.17, 15) is 23.5 Å². The standard InChI is InChI=1S/C16H19F2N5O3/c1-8-12(13(14(17)18)21-20-8)19-15(24)10-7-11(16(25)26)23(22-10)9-5-3-2-4-6-9/h2-6,8,11-14,20-21H,7H2,1H3,(H,19,24)(H,25,26).